The Morgan fingerprint density at radius 3 is 2.35 bits per heavy atom. The number of ether oxygens (including phenoxy) is 2. The minimum atomic E-state index is -4.43. The lowest BCUT2D eigenvalue weighted by atomic mass is 10.1. The number of carbonyl (C=O) groups excluding carboxylic acids is 1. The summed E-state index contributed by atoms with van der Waals surface area (Å²) in [5.41, 5.74) is -1.09. The third-order valence-electron chi connectivity index (χ3n) is 3.93. The topological polar surface area (TPSA) is 38.8 Å². The van der Waals surface area contributed by atoms with Gasteiger partial charge in [0.05, 0.1) is 5.56 Å². The van der Waals surface area contributed by atoms with E-state index >= 15 is 0 Å². The molecule has 1 saturated heterocycles. The van der Waals surface area contributed by atoms with Crippen molar-refractivity contribution in [3.8, 4) is 5.75 Å². The quantitative estimate of drug-likeness (QED) is 0.595. The van der Waals surface area contributed by atoms with Crippen molar-refractivity contribution in [3.05, 3.63) is 29.3 Å². The van der Waals surface area contributed by atoms with E-state index < -0.39 is 17.3 Å². The molecule has 0 saturated carbocycles. The molecule has 1 aromatic rings. The summed E-state index contributed by atoms with van der Waals surface area (Å²) in [5.74, 6) is 0.192. The summed E-state index contributed by atoms with van der Waals surface area (Å²) in [7, 11) is 0. The van der Waals surface area contributed by atoms with Crippen molar-refractivity contribution >= 4 is 22.0 Å². The lowest BCUT2D eigenvalue weighted by molar-refractivity contribution is -0.138. The van der Waals surface area contributed by atoms with Crippen LogP contribution in [0.2, 0.25) is 0 Å². The van der Waals surface area contributed by atoms with Gasteiger partial charge in [0.15, 0.2) is 0 Å². The Morgan fingerprint density at radius 1 is 1.23 bits per heavy atom. The van der Waals surface area contributed by atoms with E-state index in [4.69, 9.17) is 9.47 Å². The van der Waals surface area contributed by atoms with Gasteiger partial charge >= 0.3 is 12.3 Å². The van der Waals surface area contributed by atoms with Gasteiger partial charge < -0.3 is 14.4 Å². The van der Waals surface area contributed by atoms with Gasteiger partial charge in [-0.05, 0) is 38.5 Å². The molecule has 0 radical (unpaired) electrons. The van der Waals surface area contributed by atoms with E-state index in [1.807, 2.05) is 0 Å². The van der Waals surface area contributed by atoms with Gasteiger partial charge in [0.2, 0.25) is 0 Å². The Balaban J connectivity index is 1.96. The maximum Gasteiger partial charge on any atom is 0.416 e. The Labute approximate surface area is 159 Å². The highest BCUT2D eigenvalue weighted by molar-refractivity contribution is 9.08. The fraction of sp³-hybridized carbons (Fsp3) is 0.611. The van der Waals surface area contributed by atoms with Crippen molar-refractivity contribution in [2.45, 2.75) is 56.8 Å². The molecule has 1 amide bonds. The molecule has 0 spiro atoms. The zero-order valence-corrected chi connectivity index (χ0v) is 16.6. The van der Waals surface area contributed by atoms with E-state index in [0.717, 1.165) is 6.07 Å². The van der Waals surface area contributed by atoms with E-state index in [1.54, 1.807) is 31.7 Å². The minimum Gasteiger partial charge on any atom is -0.490 e. The number of likely N-dealkylation sites (tertiary alicyclic amines) is 1. The third kappa shape index (κ3) is 5.79. The number of rotatable bonds is 3. The molecule has 0 N–H and O–H groups in total. The molecule has 0 atom stereocenters. The second-order valence-corrected chi connectivity index (χ2v) is 7.80. The highest BCUT2D eigenvalue weighted by atomic mass is 79.9. The van der Waals surface area contributed by atoms with Gasteiger partial charge in [0, 0.05) is 31.3 Å². The van der Waals surface area contributed by atoms with Gasteiger partial charge in [-0.2, -0.15) is 13.2 Å². The first-order valence-electron chi connectivity index (χ1n) is 8.40. The van der Waals surface area contributed by atoms with Crippen LogP contribution in [0.4, 0.5) is 18.0 Å². The van der Waals surface area contributed by atoms with Gasteiger partial charge in [-0.25, -0.2) is 4.79 Å². The minimum absolute atomic E-state index is 0.121. The van der Waals surface area contributed by atoms with Crippen LogP contribution in [0.1, 0.15) is 44.7 Å². The Morgan fingerprint density at radius 2 is 1.85 bits per heavy atom. The number of benzene rings is 1. The zero-order valence-electron chi connectivity index (χ0n) is 15.0. The summed E-state index contributed by atoms with van der Waals surface area (Å²) >= 11 is 3.07. The maximum absolute atomic E-state index is 13.1. The van der Waals surface area contributed by atoms with Crippen LogP contribution in [0.25, 0.3) is 0 Å². The summed E-state index contributed by atoms with van der Waals surface area (Å²) in [4.78, 5) is 13.6. The second-order valence-electron chi connectivity index (χ2n) is 7.23. The van der Waals surface area contributed by atoms with Gasteiger partial charge in [-0.15, -0.1) is 0 Å². The van der Waals surface area contributed by atoms with E-state index in [0.29, 0.717) is 25.9 Å². The second kappa shape index (κ2) is 8.06. The first-order valence-corrected chi connectivity index (χ1v) is 9.52. The smallest absolute Gasteiger partial charge is 0.416 e. The predicted molar refractivity (Wildman–Crippen MR) is 95.5 cm³/mol. The van der Waals surface area contributed by atoms with Crippen molar-refractivity contribution in [2.24, 2.45) is 0 Å². The molecule has 0 aromatic heterocycles. The molecule has 0 unspecified atom stereocenters. The molecule has 0 aliphatic carbocycles. The molecule has 1 aliphatic rings. The van der Waals surface area contributed by atoms with Gasteiger partial charge in [-0.3, -0.25) is 0 Å². The summed E-state index contributed by atoms with van der Waals surface area (Å²) in [6.45, 7) is 6.30. The zero-order chi connectivity index (χ0) is 19.5. The predicted octanol–water partition coefficient (Wildman–Crippen LogP) is 5.38. The third-order valence-corrected chi connectivity index (χ3v) is 4.53. The fourth-order valence-corrected chi connectivity index (χ4v) is 3.17. The largest absolute Gasteiger partial charge is 0.490 e. The molecule has 1 heterocycles. The number of carbonyl (C=O) groups is 1. The highest BCUT2D eigenvalue weighted by Gasteiger charge is 2.34. The number of halogens is 4. The van der Waals surface area contributed by atoms with E-state index in [2.05, 4.69) is 15.9 Å². The maximum atomic E-state index is 13.1. The molecule has 4 nitrogen and oxygen atoms in total. The molecule has 8 heteroatoms. The van der Waals surface area contributed by atoms with Crippen LogP contribution in [-0.2, 0) is 16.2 Å². The van der Waals surface area contributed by atoms with Crippen LogP contribution in [-0.4, -0.2) is 35.8 Å². The van der Waals surface area contributed by atoms with Crippen molar-refractivity contribution in [2.75, 3.05) is 13.1 Å². The summed E-state index contributed by atoms with van der Waals surface area (Å²) in [6.07, 6.45) is -3.95. The summed E-state index contributed by atoms with van der Waals surface area (Å²) in [6, 6.07) is 4.01. The number of hydrogen-bond donors (Lipinski definition) is 0. The van der Waals surface area contributed by atoms with Crippen molar-refractivity contribution in [1.29, 1.82) is 0 Å². The first-order chi connectivity index (χ1) is 12.0. The Hall–Kier alpha value is -1.44. The SMILES string of the molecule is CC(C)(C)OC(=O)N1CCC(Oc2ccc(CBr)c(C(F)(F)F)c2)CC1. The van der Waals surface area contributed by atoms with Crippen molar-refractivity contribution in [3.63, 3.8) is 0 Å². The molecular formula is C18H23BrF3NO3. The molecular weight excluding hydrogens is 415 g/mol. The van der Waals surface area contributed by atoms with Crippen LogP contribution < -0.4 is 4.74 Å². The Kier molecular flexibility index (Phi) is 6.47. The molecule has 0 bridgehead atoms. The fourth-order valence-electron chi connectivity index (χ4n) is 2.68. The monoisotopic (exact) mass is 437 g/mol. The van der Waals surface area contributed by atoms with Gasteiger partial charge in [0.25, 0.3) is 0 Å². The Bertz CT molecular complexity index is 636. The lowest BCUT2D eigenvalue weighted by Gasteiger charge is -2.33. The molecule has 1 aliphatic heterocycles. The van der Waals surface area contributed by atoms with Crippen molar-refractivity contribution < 1.29 is 27.4 Å². The van der Waals surface area contributed by atoms with Gasteiger partial charge in [-0.1, -0.05) is 22.0 Å². The van der Waals surface area contributed by atoms with Crippen LogP contribution in [0, 0.1) is 0 Å². The van der Waals surface area contributed by atoms with Crippen LogP contribution in [0.5, 0.6) is 5.75 Å². The standard InChI is InChI=1S/C18H23BrF3NO3/c1-17(2,3)26-16(24)23-8-6-13(7-9-23)25-14-5-4-12(11-19)15(10-14)18(20,21)22/h4-5,10,13H,6-9,11H2,1-3H3. The normalized spacial score (nSPS) is 16.5. The average molecular weight is 438 g/mol. The molecule has 1 aromatic carbocycles. The number of alkyl halides is 4. The molecule has 1 fully saturated rings. The molecule has 2 rings (SSSR count). The van der Waals surface area contributed by atoms with Crippen LogP contribution in [0.15, 0.2) is 18.2 Å². The summed E-state index contributed by atoms with van der Waals surface area (Å²) in [5, 5.41) is 0.121. The molecule has 146 valence electrons. The summed E-state index contributed by atoms with van der Waals surface area (Å²) < 4.78 is 50.5. The van der Waals surface area contributed by atoms with Crippen LogP contribution >= 0.6 is 15.9 Å². The average Bonchev–Trinajstić information content (AvgIpc) is 2.53. The number of nitrogens with zero attached hydrogens (tertiary/aromatic N) is 1. The number of hydrogen-bond acceptors (Lipinski definition) is 3. The molecule has 26 heavy (non-hydrogen) atoms. The lowest BCUT2D eigenvalue weighted by Crippen LogP contribution is -2.44. The number of piperidine rings is 1. The van der Waals surface area contributed by atoms with Gasteiger partial charge in [0.1, 0.15) is 17.5 Å². The number of amides is 1. The van der Waals surface area contributed by atoms with Crippen molar-refractivity contribution in [1.82, 2.24) is 4.90 Å². The van der Waals surface area contributed by atoms with E-state index in [-0.39, 0.29) is 28.8 Å². The van der Waals surface area contributed by atoms with E-state index in [1.165, 1.54) is 6.07 Å². The van der Waals surface area contributed by atoms with Crippen LogP contribution in [0.3, 0.4) is 0 Å². The van der Waals surface area contributed by atoms with E-state index in [9.17, 15) is 18.0 Å². The first kappa shape index (κ1) is 20.9. The highest BCUT2D eigenvalue weighted by Crippen LogP contribution is 2.36.